The highest BCUT2D eigenvalue weighted by atomic mass is 35.5. The number of carbonyl (C=O) groups is 1. The van der Waals surface area contributed by atoms with Gasteiger partial charge >= 0.3 is 5.97 Å². The number of fused-ring (bicyclic) bond motifs is 2. The number of aromatic amines is 1. The van der Waals surface area contributed by atoms with Gasteiger partial charge in [0.25, 0.3) is 0 Å². The molecule has 33 heavy (non-hydrogen) atoms. The van der Waals surface area contributed by atoms with Crippen molar-refractivity contribution in [1.29, 1.82) is 0 Å². The van der Waals surface area contributed by atoms with E-state index in [9.17, 15) is 4.79 Å². The fourth-order valence-electron chi connectivity index (χ4n) is 3.60. The minimum atomic E-state index is -0.881. The number of aromatic nitrogens is 4. The number of ether oxygens (including phenoxy) is 2. The Morgan fingerprint density at radius 2 is 1.76 bits per heavy atom. The van der Waals surface area contributed by atoms with E-state index in [1.165, 1.54) is 4.80 Å². The Hall–Kier alpha value is -4.04. The van der Waals surface area contributed by atoms with Gasteiger partial charge < -0.3 is 19.6 Å². The van der Waals surface area contributed by atoms with Crippen molar-refractivity contribution in [1.82, 2.24) is 20.0 Å². The van der Waals surface area contributed by atoms with Gasteiger partial charge in [0.05, 0.1) is 6.42 Å². The van der Waals surface area contributed by atoms with E-state index in [1.54, 1.807) is 24.4 Å². The number of rotatable bonds is 8. The number of hydrogen-bond donors (Lipinski definition) is 2. The number of aliphatic carboxylic acids is 1. The fourth-order valence-corrected chi connectivity index (χ4v) is 3.77. The van der Waals surface area contributed by atoms with Gasteiger partial charge in [-0.2, -0.15) is 0 Å². The van der Waals surface area contributed by atoms with Crippen molar-refractivity contribution in [3.05, 3.63) is 77.4 Å². The molecule has 0 aliphatic heterocycles. The van der Waals surface area contributed by atoms with Gasteiger partial charge in [-0.15, -0.1) is 15.0 Å². The number of H-pyrrole nitrogens is 1. The Kier molecular flexibility index (Phi) is 5.58. The zero-order valence-corrected chi connectivity index (χ0v) is 18.1. The number of halogens is 1. The van der Waals surface area contributed by atoms with E-state index in [4.69, 9.17) is 26.2 Å². The minimum Gasteiger partial charge on any atom is -0.490 e. The van der Waals surface area contributed by atoms with Gasteiger partial charge in [0.1, 0.15) is 41.4 Å². The number of nitrogens with zero attached hydrogens (tertiary/aromatic N) is 3. The highest BCUT2D eigenvalue weighted by molar-refractivity contribution is 6.30. The van der Waals surface area contributed by atoms with Gasteiger partial charge in [-0.05, 0) is 54.1 Å². The van der Waals surface area contributed by atoms with Crippen molar-refractivity contribution in [3.8, 4) is 17.2 Å². The number of benzene rings is 3. The lowest BCUT2D eigenvalue weighted by Gasteiger charge is -2.12. The standard InChI is InChI=1S/C24H19ClN4O4/c25-16-5-8-23(22(12-16)29-27-20-3-1-2-4-21(20)28-29)33-10-9-32-17-6-7-19-18(13-17)15(14-26-19)11-24(30)31/h1-8,12-14,26H,9-11H2,(H,30,31). The van der Waals surface area contributed by atoms with E-state index in [2.05, 4.69) is 15.2 Å². The molecule has 0 aliphatic carbocycles. The summed E-state index contributed by atoms with van der Waals surface area (Å²) >= 11 is 6.20. The molecule has 0 bridgehead atoms. The summed E-state index contributed by atoms with van der Waals surface area (Å²) in [6.45, 7) is 0.573. The molecule has 0 atom stereocenters. The highest BCUT2D eigenvalue weighted by Gasteiger charge is 2.12. The molecule has 0 aliphatic rings. The summed E-state index contributed by atoms with van der Waals surface area (Å²) in [6.07, 6.45) is 1.66. The van der Waals surface area contributed by atoms with Gasteiger partial charge in [-0.25, -0.2) is 0 Å². The molecule has 3 aromatic carbocycles. The molecule has 0 saturated carbocycles. The van der Waals surface area contributed by atoms with Gasteiger partial charge in [0, 0.05) is 22.1 Å². The van der Waals surface area contributed by atoms with E-state index in [-0.39, 0.29) is 13.0 Å². The molecule has 5 rings (SSSR count). The summed E-state index contributed by atoms with van der Waals surface area (Å²) in [5.74, 6) is 0.329. The van der Waals surface area contributed by atoms with Gasteiger partial charge in [0.15, 0.2) is 0 Å². The molecule has 8 nitrogen and oxygen atoms in total. The predicted molar refractivity (Wildman–Crippen MR) is 125 cm³/mol. The van der Waals surface area contributed by atoms with E-state index < -0.39 is 5.97 Å². The van der Waals surface area contributed by atoms with Crippen LogP contribution in [-0.2, 0) is 11.2 Å². The second-order valence-corrected chi connectivity index (χ2v) is 7.82. The molecule has 0 amide bonds. The summed E-state index contributed by atoms with van der Waals surface area (Å²) in [5.41, 5.74) is 3.75. The monoisotopic (exact) mass is 462 g/mol. The molecule has 5 aromatic rings. The second-order valence-electron chi connectivity index (χ2n) is 7.38. The topological polar surface area (TPSA) is 102 Å². The molecule has 2 N–H and O–H groups in total. The lowest BCUT2D eigenvalue weighted by atomic mass is 10.1. The molecule has 166 valence electrons. The van der Waals surface area contributed by atoms with Crippen molar-refractivity contribution in [3.63, 3.8) is 0 Å². The first-order valence-corrected chi connectivity index (χ1v) is 10.6. The molecule has 9 heteroatoms. The molecular formula is C24H19ClN4O4. The Morgan fingerprint density at radius 1 is 1.00 bits per heavy atom. The Morgan fingerprint density at radius 3 is 2.52 bits per heavy atom. The molecule has 0 fully saturated rings. The van der Waals surface area contributed by atoms with Crippen LogP contribution in [0.4, 0.5) is 0 Å². The van der Waals surface area contributed by atoms with Crippen molar-refractivity contribution in [2.45, 2.75) is 6.42 Å². The number of carboxylic acids is 1. The first kappa shape index (κ1) is 20.8. The highest BCUT2D eigenvalue weighted by Crippen LogP contribution is 2.27. The zero-order chi connectivity index (χ0) is 22.8. The Balaban J connectivity index is 1.28. The molecule has 0 radical (unpaired) electrons. The third-order valence-electron chi connectivity index (χ3n) is 5.11. The Bertz CT molecular complexity index is 1430. The van der Waals surface area contributed by atoms with E-state index in [0.29, 0.717) is 34.4 Å². The Labute approximate surface area is 193 Å². The summed E-state index contributed by atoms with van der Waals surface area (Å²) in [5, 5.41) is 19.5. The second kappa shape index (κ2) is 8.84. The first-order valence-electron chi connectivity index (χ1n) is 10.3. The van der Waals surface area contributed by atoms with Crippen LogP contribution in [0.25, 0.3) is 27.6 Å². The minimum absolute atomic E-state index is 0.0532. The molecule has 0 saturated heterocycles. The maximum absolute atomic E-state index is 11.1. The lowest BCUT2D eigenvalue weighted by molar-refractivity contribution is -0.136. The zero-order valence-electron chi connectivity index (χ0n) is 17.4. The molecule has 0 spiro atoms. The normalized spacial score (nSPS) is 11.2. The summed E-state index contributed by atoms with van der Waals surface area (Å²) in [7, 11) is 0. The molecule has 2 aromatic heterocycles. The average molecular weight is 463 g/mol. The van der Waals surface area contributed by atoms with E-state index >= 15 is 0 Å². The van der Waals surface area contributed by atoms with Crippen molar-refractivity contribution in [2.24, 2.45) is 0 Å². The first-order chi connectivity index (χ1) is 16.1. The third-order valence-corrected chi connectivity index (χ3v) is 5.35. The number of carboxylic acid groups (broad SMARTS) is 1. The van der Waals surface area contributed by atoms with Crippen LogP contribution in [0.5, 0.6) is 11.5 Å². The average Bonchev–Trinajstić information content (AvgIpc) is 3.41. The van der Waals surface area contributed by atoms with Crippen LogP contribution in [0.15, 0.2) is 66.9 Å². The molecule has 2 heterocycles. The third kappa shape index (κ3) is 4.47. The van der Waals surface area contributed by atoms with Crippen molar-refractivity contribution >= 4 is 39.5 Å². The summed E-state index contributed by atoms with van der Waals surface area (Å²) in [6, 6.07) is 18.4. The quantitative estimate of drug-likeness (QED) is 0.326. The fraction of sp³-hybridized carbons (Fsp3) is 0.125. The maximum Gasteiger partial charge on any atom is 0.307 e. The van der Waals surface area contributed by atoms with Gasteiger partial charge in [-0.1, -0.05) is 23.7 Å². The number of nitrogens with one attached hydrogen (secondary N) is 1. The largest absolute Gasteiger partial charge is 0.490 e. The molecular weight excluding hydrogens is 444 g/mol. The smallest absolute Gasteiger partial charge is 0.307 e. The van der Waals surface area contributed by atoms with Crippen LogP contribution in [-0.4, -0.2) is 44.3 Å². The van der Waals surface area contributed by atoms with Crippen LogP contribution < -0.4 is 9.47 Å². The maximum atomic E-state index is 11.1. The van der Waals surface area contributed by atoms with Gasteiger partial charge in [-0.3, -0.25) is 4.79 Å². The SMILES string of the molecule is O=C(O)Cc1c[nH]c2ccc(OCCOc3ccc(Cl)cc3-n3nc4ccccc4n3)cc12. The molecule has 0 unspecified atom stereocenters. The summed E-state index contributed by atoms with van der Waals surface area (Å²) in [4.78, 5) is 15.6. The van der Waals surface area contributed by atoms with Crippen LogP contribution >= 0.6 is 11.6 Å². The van der Waals surface area contributed by atoms with Crippen LogP contribution in [0.2, 0.25) is 5.02 Å². The van der Waals surface area contributed by atoms with Crippen LogP contribution in [0, 0.1) is 0 Å². The van der Waals surface area contributed by atoms with Crippen molar-refractivity contribution < 1.29 is 19.4 Å². The predicted octanol–water partition coefficient (Wildman–Crippen LogP) is 4.64. The van der Waals surface area contributed by atoms with E-state index in [0.717, 1.165) is 21.9 Å². The van der Waals surface area contributed by atoms with E-state index in [1.807, 2.05) is 42.5 Å². The van der Waals surface area contributed by atoms with Crippen molar-refractivity contribution in [2.75, 3.05) is 13.2 Å². The van der Waals surface area contributed by atoms with Crippen LogP contribution in [0.3, 0.4) is 0 Å². The summed E-state index contributed by atoms with van der Waals surface area (Å²) < 4.78 is 11.8. The lowest BCUT2D eigenvalue weighted by Crippen LogP contribution is -2.11. The number of hydrogen-bond acceptors (Lipinski definition) is 5. The van der Waals surface area contributed by atoms with Crippen LogP contribution in [0.1, 0.15) is 5.56 Å². The van der Waals surface area contributed by atoms with Gasteiger partial charge in [0.2, 0.25) is 0 Å².